The topological polar surface area (TPSA) is 67.7 Å². The largest absolute Gasteiger partial charge is 0.473 e. The molecule has 0 spiro atoms. The van der Waals surface area contributed by atoms with Crippen LogP contribution < -0.4 is 15.4 Å². The number of carbonyl (C=O) groups excluding carboxylic acids is 1. The molecule has 1 saturated heterocycles. The number of fused-ring (bicyclic) bond motifs is 2. The zero-order valence-corrected chi connectivity index (χ0v) is 18.1. The van der Waals surface area contributed by atoms with Gasteiger partial charge < -0.3 is 15.4 Å². The molecule has 1 saturated carbocycles. The lowest BCUT2D eigenvalue weighted by Crippen LogP contribution is -2.39. The average Bonchev–Trinajstić information content (AvgIpc) is 3.43. The van der Waals surface area contributed by atoms with E-state index in [0.717, 1.165) is 31.4 Å². The highest BCUT2D eigenvalue weighted by molar-refractivity contribution is 6.02. The van der Waals surface area contributed by atoms with E-state index >= 15 is 0 Å². The lowest BCUT2D eigenvalue weighted by Gasteiger charge is -2.19. The van der Waals surface area contributed by atoms with Gasteiger partial charge in [-0.2, -0.15) is 9.61 Å². The number of nitrogens with one attached hydrogen (secondary N) is 2. The molecule has 3 aromatic rings. The quantitative estimate of drug-likeness (QED) is 0.635. The van der Waals surface area contributed by atoms with Crippen molar-refractivity contribution in [2.24, 2.45) is 5.92 Å². The van der Waals surface area contributed by atoms with E-state index < -0.39 is 11.6 Å². The zero-order chi connectivity index (χ0) is 22.4. The van der Waals surface area contributed by atoms with Crippen LogP contribution in [0.4, 0.5) is 8.78 Å². The normalized spacial score (nSPS) is 22.3. The Labute approximate surface area is 185 Å². The summed E-state index contributed by atoms with van der Waals surface area (Å²) in [4.78, 5) is 13.3. The molecule has 3 atom stereocenters. The summed E-state index contributed by atoms with van der Waals surface area (Å²) in [5, 5.41) is 11.2. The van der Waals surface area contributed by atoms with Crippen molar-refractivity contribution in [3.8, 4) is 5.88 Å². The fraction of sp³-hybridized carbons (Fsp3) is 0.417. The highest BCUT2D eigenvalue weighted by atomic mass is 19.1. The summed E-state index contributed by atoms with van der Waals surface area (Å²) in [6.07, 6.45) is 3.12. The van der Waals surface area contributed by atoms with Crippen molar-refractivity contribution in [2.45, 2.75) is 51.8 Å². The van der Waals surface area contributed by atoms with E-state index in [0.29, 0.717) is 34.6 Å². The SMILES string of the molecule is Cc1cc(OCc2c(F)cccc2F)n2nc(C)c(C(=O)NC3CC[C@H]4NCC[C@@H]34)c2c1. The van der Waals surface area contributed by atoms with Crippen molar-refractivity contribution in [1.82, 2.24) is 20.2 Å². The van der Waals surface area contributed by atoms with E-state index in [1.807, 2.05) is 13.0 Å². The van der Waals surface area contributed by atoms with Gasteiger partial charge in [0, 0.05) is 18.2 Å². The van der Waals surface area contributed by atoms with Gasteiger partial charge in [-0.1, -0.05) is 6.07 Å². The molecule has 2 aliphatic rings. The van der Waals surface area contributed by atoms with Crippen LogP contribution in [0.25, 0.3) is 5.52 Å². The maximum absolute atomic E-state index is 14.0. The predicted octanol–water partition coefficient (Wildman–Crippen LogP) is 3.68. The molecule has 6 nitrogen and oxygen atoms in total. The number of aromatic nitrogens is 2. The summed E-state index contributed by atoms with van der Waals surface area (Å²) in [6, 6.07) is 7.97. The Hall–Kier alpha value is -3.00. The van der Waals surface area contributed by atoms with Crippen LogP contribution in [0.3, 0.4) is 0 Å². The third-order valence-electron chi connectivity index (χ3n) is 6.70. The average molecular weight is 440 g/mol. The predicted molar refractivity (Wildman–Crippen MR) is 116 cm³/mol. The molecule has 0 bridgehead atoms. The second kappa shape index (κ2) is 8.16. The minimum Gasteiger partial charge on any atom is -0.473 e. The molecule has 168 valence electrons. The molecular weight excluding hydrogens is 414 g/mol. The summed E-state index contributed by atoms with van der Waals surface area (Å²) in [6.45, 7) is 4.38. The Balaban J connectivity index is 1.43. The summed E-state index contributed by atoms with van der Waals surface area (Å²) in [7, 11) is 0. The Bertz CT molecular complexity index is 1170. The van der Waals surface area contributed by atoms with Gasteiger partial charge in [0.15, 0.2) is 0 Å². The number of halogens is 2. The number of ether oxygens (including phenoxy) is 1. The standard InChI is InChI=1S/C24H26F2N4O2/c1-13-10-21-23(24(31)28-20-7-6-19-15(20)8-9-27-19)14(2)29-30(21)22(11-13)32-12-16-17(25)4-3-5-18(16)26/h3-5,10-11,15,19-20,27H,6-9,12H2,1-2H3,(H,28,31)/t15-,19-,20?/m1/s1. The first-order valence-corrected chi connectivity index (χ1v) is 11.0. The fourth-order valence-corrected chi connectivity index (χ4v) is 5.14. The van der Waals surface area contributed by atoms with E-state index in [2.05, 4.69) is 15.7 Å². The van der Waals surface area contributed by atoms with Crippen molar-refractivity contribution in [1.29, 1.82) is 0 Å². The molecule has 5 rings (SSSR count). The molecule has 3 heterocycles. The van der Waals surface area contributed by atoms with Crippen molar-refractivity contribution in [3.05, 3.63) is 64.4 Å². The molecule has 2 aromatic heterocycles. The van der Waals surface area contributed by atoms with Crippen molar-refractivity contribution in [2.75, 3.05) is 6.54 Å². The van der Waals surface area contributed by atoms with Crippen LogP contribution in [0, 0.1) is 31.4 Å². The molecule has 1 aliphatic carbocycles. The molecule has 1 aromatic carbocycles. The molecule has 32 heavy (non-hydrogen) atoms. The monoisotopic (exact) mass is 440 g/mol. The first-order valence-electron chi connectivity index (χ1n) is 11.0. The Morgan fingerprint density at radius 2 is 2.00 bits per heavy atom. The van der Waals surface area contributed by atoms with Crippen LogP contribution in [0.5, 0.6) is 5.88 Å². The van der Waals surface area contributed by atoms with Crippen LogP contribution in [-0.4, -0.2) is 34.1 Å². The van der Waals surface area contributed by atoms with E-state index in [-0.39, 0.29) is 24.1 Å². The van der Waals surface area contributed by atoms with Crippen LogP contribution in [0.2, 0.25) is 0 Å². The number of benzene rings is 1. The molecule has 1 amide bonds. The van der Waals surface area contributed by atoms with Gasteiger partial charge in [0.25, 0.3) is 5.91 Å². The Morgan fingerprint density at radius 3 is 2.78 bits per heavy atom. The fourth-order valence-electron chi connectivity index (χ4n) is 5.14. The van der Waals surface area contributed by atoms with Gasteiger partial charge >= 0.3 is 0 Å². The number of nitrogens with zero attached hydrogens (tertiary/aromatic N) is 2. The number of rotatable bonds is 5. The molecule has 2 fully saturated rings. The maximum atomic E-state index is 14.0. The number of amides is 1. The van der Waals surface area contributed by atoms with Crippen LogP contribution in [0.1, 0.15) is 46.4 Å². The lowest BCUT2D eigenvalue weighted by atomic mass is 9.99. The Morgan fingerprint density at radius 1 is 1.22 bits per heavy atom. The van der Waals surface area contributed by atoms with Gasteiger partial charge in [0.2, 0.25) is 5.88 Å². The summed E-state index contributed by atoms with van der Waals surface area (Å²) in [5.41, 5.74) is 2.41. The van der Waals surface area contributed by atoms with Gasteiger partial charge in [0.05, 0.1) is 22.3 Å². The first-order chi connectivity index (χ1) is 15.4. The van der Waals surface area contributed by atoms with Crippen molar-refractivity contribution < 1.29 is 18.3 Å². The molecule has 2 N–H and O–H groups in total. The minimum absolute atomic E-state index is 0.147. The number of pyridine rings is 1. The molecule has 1 aliphatic heterocycles. The zero-order valence-electron chi connectivity index (χ0n) is 18.1. The third-order valence-corrected chi connectivity index (χ3v) is 6.70. The van der Waals surface area contributed by atoms with Crippen LogP contribution in [-0.2, 0) is 6.61 Å². The molecule has 0 radical (unpaired) electrons. The van der Waals surface area contributed by atoms with Gasteiger partial charge in [0.1, 0.15) is 18.2 Å². The molecule has 1 unspecified atom stereocenters. The second-order valence-corrected chi connectivity index (χ2v) is 8.79. The molecular formula is C24H26F2N4O2. The van der Waals surface area contributed by atoms with Gasteiger partial charge in [-0.15, -0.1) is 0 Å². The Kier molecular flexibility index (Phi) is 5.33. The molecule has 8 heteroatoms. The minimum atomic E-state index is -0.665. The number of hydrogen-bond donors (Lipinski definition) is 2. The van der Waals surface area contributed by atoms with Gasteiger partial charge in [-0.05, 0) is 69.3 Å². The maximum Gasteiger partial charge on any atom is 0.255 e. The van der Waals surface area contributed by atoms with E-state index in [1.165, 1.54) is 22.7 Å². The highest BCUT2D eigenvalue weighted by Gasteiger charge is 2.40. The summed E-state index contributed by atoms with van der Waals surface area (Å²) in [5.74, 6) is -0.682. The number of hydrogen-bond acceptors (Lipinski definition) is 4. The first kappa shape index (κ1) is 20.9. The number of aryl methyl sites for hydroxylation is 2. The van der Waals surface area contributed by atoms with Crippen molar-refractivity contribution >= 4 is 11.4 Å². The van der Waals surface area contributed by atoms with E-state index in [9.17, 15) is 13.6 Å². The van der Waals surface area contributed by atoms with Crippen LogP contribution >= 0.6 is 0 Å². The second-order valence-electron chi connectivity index (χ2n) is 8.79. The smallest absolute Gasteiger partial charge is 0.255 e. The van der Waals surface area contributed by atoms with E-state index in [1.54, 1.807) is 13.0 Å². The highest BCUT2D eigenvalue weighted by Crippen LogP contribution is 2.33. The van der Waals surface area contributed by atoms with Gasteiger partial charge in [-0.25, -0.2) is 8.78 Å². The third kappa shape index (κ3) is 3.62. The summed E-state index contributed by atoms with van der Waals surface area (Å²) < 4.78 is 35.3. The van der Waals surface area contributed by atoms with E-state index in [4.69, 9.17) is 4.74 Å². The van der Waals surface area contributed by atoms with Crippen molar-refractivity contribution in [3.63, 3.8) is 0 Å². The number of carbonyl (C=O) groups is 1. The lowest BCUT2D eigenvalue weighted by molar-refractivity contribution is 0.0929. The van der Waals surface area contributed by atoms with Crippen LogP contribution in [0.15, 0.2) is 30.3 Å². The summed E-state index contributed by atoms with van der Waals surface area (Å²) >= 11 is 0. The van der Waals surface area contributed by atoms with Gasteiger partial charge in [-0.3, -0.25) is 4.79 Å².